The fourth-order valence-electron chi connectivity index (χ4n) is 7.51. The molecule has 1 fully saturated rings. The van der Waals surface area contributed by atoms with Gasteiger partial charge < -0.3 is 4.90 Å². The predicted octanol–water partition coefficient (Wildman–Crippen LogP) is 4.35. The van der Waals surface area contributed by atoms with E-state index in [0.717, 1.165) is 0 Å². The molecule has 0 radical (unpaired) electrons. The lowest BCUT2D eigenvalue weighted by molar-refractivity contribution is -0.478. The minimum atomic E-state index is -4.53. The minimum absolute atomic E-state index is 0.0378. The molecule has 2 heterocycles. The number of Topliss-reactive ketones (excluding diaryl/α,β-unsaturated/α-hetero) is 1. The van der Waals surface area contributed by atoms with Gasteiger partial charge in [-0.25, -0.2) is 4.21 Å². The van der Waals surface area contributed by atoms with Crippen molar-refractivity contribution in [2.75, 3.05) is 29.5 Å². The first kappa shape index (κ1) is 42.6. The van der Waals surface area contributed by atoms with Crippen LogP contribution >= 0.6 is 0 Å². The van der Waals surface area contributed by atoms with E-state index in [1.54, 1.807) is 35.3 Å². The first-order chi connectivity index (χ1) is 25.2. The summed E-state index contributed by atoms with van der Waals surface area (Å²) in [5.41, 5.74) is 2.87. The van der Waals surface area contributed by atoms with Crippen LogP contribution in [0, 0.1) is 5.41 Å². The van der Waals surface area contributed by atoms with Gasteiger partial charge in [-0.1, -0.05) is 19.9 Å². The van der Waals surface area contributed by atoms with Crippen LogP contribution in [-0.2, 0) is 50.6 Å². The lowest BCUT2D eigenvalue weighted by Gasteiger charge is -2.27. The van der Waals surface area contributed by atoms with E-state index in [9.17, 15) is 57.0 Å². The lowest BCUT2D eigenvalue weighted by Crippen LogP contribution is -2.28. The number of benzene rings is 1. The number of anilines is 1. The summed E-state index contributed by atoms with van der Waals surface area (Å²) < 4.78 is 132. The van der Waals surface area contributed by atoms with Gasteiger partial charge in [-0.15, -0.1) is 0 Å². The molecule has 0 saturated heterocycles. The van der Waals surface area contributed by atoms with Gasteiger partial charge in [0.15, 0.2) is 11.5 Å². The van der Waals surface area contributed by atoms with E-state index in [-0.39, 0.29) is 41.5 Å². The van der Waals surface area contributed by atoms with Gasteiger partial charge in [0.2, 0.25) is 15.8 Å². The summed E-state index contributed by atoms with van der Waals surface area (Å²) in [6.07, 6.45) is 12.7. The SMILES string of the molecule is CC1(C)C2=CC(=S(=O)(O)O)C=CC2=[N+](CCCS(=O)(=O)O)/C1=C/C=C1\CCCC(=CC=C2N(CCCS(=O)(=O)O)c3ccc(S(=O)(=O)O)cc3C2(C)C)C1=O. The second-order valence-corrected chi connectivity index (χ2v) is 20.9. The fourth-order valence-corrected chi connectivity index (χ4v) is 9.52. The quantitative estimate of drug-likeness (QED) is 0.0901. The third-order valence-electron chi connectivity index (χ3n) is 10.3. The van der Waals surface area contributed by atoms with Gasteiger partial charge in [0.1, 0.15) is 6.54 Å². The Morgan fingerprint density at radius 2 is 1.38 bits per heavy atom. The number of hydrogen-bond acceptors (Lipinski definition) is 9. The maximum atomic E-state index is 13.9. The highest BCUT2D eigenvalue weighted by molar-refractivity contribution is 7.92. The standard InChI is InChI=1S/C36H44N2O13S4/c1-35(2)28-22-26(54(46,47)48)12-14-30(28)37(18-6-20-52(40,41)42)32(35)16-10-24-8-5-9-25(34(24)39)11-17-33-36(3,4)29-23-27(55(49,50)51)13-15-31(29)38(33)19-7-21-53(43,44)45/h10-17,22-23H,5-9,18-21H2,1-4H3,(H4,40,41,42,43,44,45,46,47,48,49,50,51)/p+1/b24-10+,25-11?,32-16+,33-17?. The van der Waals surface area contributed by atoms with E-state index in [4.69, 9.17) is 0 Å². The van der Waals surface area contributed by atoms with E-state index < -0.39 is 62.8 Å². The molecule has 1 aromatic rings. The van der Waals surface area contributed by atoms with Crippen molar-refractivity contribution in [3.8, 4) is 0 Å². The van der Waals surface area contributed by atoms with Gasteiger partial charge in [0, 0.05) is 47.5 Å². The summed E-state index contributed by atoms with van der Waals surface area (Å²) in [4.78, 5) is 15.2. The van der Waals surface area contributed by atoms with E-state index >= 15 is 0 Å². The van der Waals surface area contributed by atoms with E-state index in [0.29, 0.717) is 64.3 Å². The van der Waals surface area contributed by atoms with E-state index in [1.807, 2.05) is 32.3 Å². The number of nitrogens with zero attached hydrogens (tertiary/aromatic N) is 2. The van der Waals surface area contributed by atoms with Gasteiger partial charge in [-0.2, -0.15) is 29.8 Å². The Balaban J connectivity index is 1.53. The predicted molar refractivity (Wildman–Crippen MR) is 209 cm³/mol. The first-order valence-electron chi connectivity index (χ1n) is 17.3. The zero-order valence-corrected chi connectivity index (χ0v) is 33.9. The second kappa shape index (κ2) is 15.1. The highest BCUT2D eigenvalue weighted by Crippen LogP contribution is 2.49. The molecule has 5 rings (SSSR count). The van der Waals surface area contributed by atoms with Crippen molar-refractivity contribution in [2.45, 2.75) is 70.1 Å². The molecule has 0 amide bonds. The van der Waals surface area contributed by atoms with Gasteiger partial charge in [0.05, 0.1) is 26.7 Å². The van der Waals surface area contributed by atoms with Crippen LogP contribution in [0.5, 0.6) is 0 Å². The van der Waals surface area contributed by atoms with Gasteiger partial charge in [0.25, 0.3) is 30.4 Å². The van der Waals surface area contributed by atoms with E-state index in [1.165, 1.54) is 30.4 Å². The Morgan fingerprint density at radius 1 is 0.782 bits per heavy atom. The second-order valence-electron chi connectivity index (χ2n) is 14.8. The zero-order chi connectivity index (χ0) is 40.9. The molecule has 2 aliphatic heterocycles. The molecular weight excluding hydrogens is 797 g/mol. The number of hydrogen-bond donors (Lipinski definition) is 5. The Labute approximate surface area is 322 Å². The van der Waals surface area contributed by atoms with Crippen LogP contribution in [0.25, 0.3) is 0 Å². The summed E-state index contributed by atoms with van der Waals surface area (Å²) >= 11 is 0. The summed E-state index contributed by atoms with van der Waals surface area (Å²) in [5, 5.41) is 0. The largest absolute Gasteiger partial charge is 0.344 e. The normalized spacial score (nSPS) is 23.0. The maximum Gasteiger partial charge on any atom is 0.294 e. The maximum absolute atomic E-state index is 13.9. The van der Waals surface area contributed by atoms with Crippen molar-refractivity contribution in [1.82, 2.24) is 0 Å². The van der Waals surface area contributed by atoms with Crippen LogP contribution in [0.4, 0.5) is 5.69 Å². The van der Waals surface area contributed by atoms with Crippen LogP contribution in [-0.4, -0.2) is 97.8 Å². The smallest absolute Gasteiger partial charge is 0.294 e. The van der Waals surface area contributed by atoms with Crippen molar-refractivity contribution < 1.29 is 61.6 Å². The Morgan fingerprint density at radius 3 is 1.96 bits per heavy atom. The molecule has 55 heavy (non-hydrogen) atoms. The Kier molecular flexibility index (Phi) is 11.7. The number of ketones is 1. The highest BCUT2D eigenvalue weighted by atomic mass is 32.2. The monoisotopic (exact) mass is 841 g/mol. The molecule has 0 bridgehead atoms. The van der Waals surface area contributed by atoms with Crippen LogP contribution < -0.4 is 4.90 Å². The van der Waals surface area contributed by atoms with Crippen LogP contribution in [0.2, 0.25) is 0 Å². The van der Waals surface area contributed by atoms with Crippen molar-refractivity contribution in [2.24, 2.45) is 5.41 Å². The van der Waals surface area contributed by atoms with Crippen molar-refractivity contribution in [1.29, 1.82) is 0 Å². The summed E-state index contributed by atoms with van der Waals surface area (Å²) in [6, 6.07) is 4.12. The van der Waals surface area contributed by atoms with Crippen LogP contribution in [0.3, 0.4) is 0 Å². The molecule has 300 valence electrons. The molecule has 5 N–H and O–H groups in total. The number of carbonyl (C=O) groups excluding carboxylic acids is 1. The molecule has 2 aliphatic carbocycles. The van der Waals surface area contributed by atoms with Gasteiger partial charge in [-0.05, 0) is 98.7 Å². The molecule has 0 spiro atoms. The molecule has 0 atom stereocenters. The van der Waals surface area contributed by atoms with Gasteiger partial charge in [-0.3, -0.25) is 27.6 Å². The molecule has 0 unspecified atom stereocenters. The fraction of sp³-hybridized carbons (Fsp3) is 0.417. The number of carbonyl (C=O) groups is 1. The highest BCUT2D eigenvalue weighted by Gasteiger charge is 2.48. The van der Waals surface area contributed by atoms with Crippen molar-refractivity contribution in [3.05, 3.63) is 94.4 Å². The average molecular weight is 842 g/mol. The van der Waals surface area contributed by atoms with Crippen molar-refractivity contribution >= 4 is 62.5 Å². The van der Waals surface area contributed by atoms with Crippen molar-refractivity contribution in [3.63, 3.8) is 0 Å². The number of fused-ring (bicyclic) bond motifs is 2. The van der Waals surface area contributed by atoms with Gasteiger partial charge >= 0.3 is 0 Å². The van der Waals surface area contributed by atoms with E-state index in [2.05, 4.69) is 0 Å². The molecule has 19 heteroatoms. The number of allylic oxidation sites excluding steroid dienone is 11. The zero-order valence-electron chi connectivity index (χ0n) is 30.7. The van der Waals surface area contributed by atoms with Crippen LogP contribution in [0.15, 0.2) is 93.7 Å². The van der Waals surface area contributed by atoms with Crippen LogP contribution in [0.1, 0.15) is 65.4 Å². The third-order valence-corrected chi connectivity index (χ3v) is 13.6. The lowest BCUT2D eigenvalue weighted by atomic mass is 9.79. The Bertz CT molecular complexity index is 2520. The first-order valence-corrected chi connectivity index (χ1v) is 23.4. The molecule has 0 aromatic heterocycles. The molecule has 1 aromatic carbocycles. The summed E-state index contributed by atoms with van der Waals surface area (Å²) in [5.74, 6) is -1.24. The summed E-state index contributed by atoms with van der Waals surface area (Å²) in [6.45, 7) is 7.65. The number of rotatable bonds is 11. The molecular formula is C36H45N2O13S4+. The third kappa shape index (κ3) is 9.37. The average Bonchev–Trinajstić information content (AvgIpc) is 3.39. The Hall–Kier alpha value is -3.53. The topological polar surface area (TPSA) is 244 Å². The summed E-state index contributed by atoms with van der Waals surface area (Å²) in [7, 11) is -17.3. The molecule has 1 saturated carbocycles. The molecule has 4 aliphatic rings. The minimum Gasteiger partial charge on any atom is -0.344 e. The molecule has 15 nitrogen and oxygen atoms in total.